The van der Waals surface area contributed by atoms with Gasteiger partial charge in [-0.15, -0.1) is 0 Å². The minimum Gasteiger partial charge on any atom is -0.495 e. The van der Waals surface area contributed by atoms with Crippen molar-refractivity contribution in [1.29, 1.82) is 0 Å². The van der Waals surface area contributed by atoms with Gasteiger partial charge < -0.3 is 10.5 Å². The van der Waals surface area contributed by atoms with E-state index in [1.165, 1.54) is 0 Å². The molecule has 0 atom stereocenters. The molecule has 70 valence electrons. The van der Waals surface area contributed by atoms with Crippen molar-refractivity contribution >= 4 is 12.0 Å². The number of rotatable bonds is 3. The Hall–Kier alpha value is -1.51. The molecule has 0 saturated carbocycles. The Balaban J connectivity index is 3.28. The lowest BCUT2D eigenvalue weighted by Gasteiger charge is -2.08. The highest BCUT2D eigenvalue weighted by molar-refractivity contribution is 5.86. The third-order valence-electron chi connectivity index (χ3n) is 1.99. The van der Waals surface area contributed by atoms with Gasteiger partial charge >= 0.3 is 0 Å². The van der Waals surface area contributed by atoms with Gasteiger partial charge in [0.1, 0.15) is 5.75 Å². The molecule has 1 rings (SSSR count). The standard InChI is InChI=1S/C10H13NO2/c1-3-7-4-8(6-12)10(11)9(5-7)13-2/h4-6H,3,11H2,1-2H3. The fourth-order valence-corrected chi connectivity index (χ4v) is 1.18. The number of nitrogen functional groups attached to an aromatic ring is 1. The second kappa shape index (κ2) is 3.94. The van der Waals surface area contributed by atoms with Crippen molar-refractivity contribution in [2.24, 2.45) is 0 Å². The number of anilines is 1. The number of benzene rings is 1. The van der Waals surface area contributed by atoms with E-state index in [1.807, 2.05) is 13.0 Å². The molecule has 0 aliphatic heterocycles. The number of aldehydes is 1. The monoisotopic (exact) mass is 179 g/mol. The number of ether oxygens (including phenoxy) is 1. The molecule has 2 N–H and O–H groups in total. The molecule has 0 bridgehead atoms. The molecule has 0 aliphatic rings. The van der Waals surface area contributed by atoms with Gasteiger partial charge in [0.25, 0.3) is 0 Å². The number of hydrogen-bond donors (Lipinski definition) is 1. The van der Waals surface area contributed by atoms with Crippen LogP contribution in [0.15, 0.2) is 12.1 Å². The van der Waals surface area contributed by atoms with Crippen LogP contribution in [0.3, 0.4) is 0 Å². The van der Waals surface area contributed by atoms with Crippen LogP contribution in [0.4, 0.5) is 5.69 Å². The summed E-state index contributed by atoms with van der Waals surface area (Å²) in [6.45, 7) is 2.01. The molecular weight excluding hydrogens is 166 g/mol. The topological polar surface area (TPSA) is 52.3 Å². The normalized spacial score (nSPS) is 9.69. The molecule has 0 unspecified atom stereocenters. The van der Waals surface area contributed by atoms with Crippen molar-refractivity contribution in [3.63, 3.8) is 0 Å². The summed E-state index contributed by atoms with van der Waals surface area (Å²) in [6.07, 6.45) is 1.61. The third kappa shape index (κ3) is 1.80. The lowest BCUT2D eigenvalue weighted by atomic mass is 10.1. The Morgan fingerprint density at radius 1 is 1.54 bits per heavy atom. The highest BCUT2D eigenvalue weighted by Gasteiger charge is 2.06. The van der Waals surface area contributed by atoms with Gasteiger partial charge in [0.15, 0.2) is 6.29 Å². The van der Waals surface area contributed by atoms with Crippen molar-refractivity contribution in [1.82, 2.24) is 0 Å². The first-order chi connectivity index (χ1) is 6.22. The second-order valence-corrected chi connectivity index (χ2v) is 2.77. The average Bonchev–Trinajstić information content (AvgIpc) is 2.18. The molecule has 1 aromatic rings. The smallest absolute Gasteiger partial charge is 0.152 e. The summed E-state index contributed by atoms with van der Waals surface area (Å²) in [4.78, 5) is 10.6. The summed E-state index contributed by atoms with van der Waals surface area (Å²) < 4.78 is 5.05. The first kappa shape index (κ1) is 9.58. The summed E-state index contributed by atoms with van der Waals surface area (Å²) in [5.41, 5.74) is 7.63. The molecule has 1 aromatic carbocycles. The lowest BCUT2D eigenvalue weighted by molar-refractivity contribution is 0.112. The molecule has 0 spiro atoms. The number of carbonyl (C=O) groups is 1. The fourth-order valence-electron chi connectivity index (χ4n) is 1.18. The van der Waals surface area contributed by atoms with E-state index in [4.69, 9.17) is 10.5 Å². The summed E-state index contributed by atoms with van der Waals surface area (Å²) >= 11 is 0. The third-order valence-corrected chi connectivity index (χ3v) is 1.99. The number of nitrogens with two attached hydrogens (primary N) is 1. The van der Waals surface area contributed by atoms with Gasteiger partial charge in [-0.25, -0.2) is 0 Å². The largest absolute Gasteiger partial charge is 0.495 e. The molecule has 13 heavy (non-hydrogen) atoms. The van der Waals surface area contributed by atoms with Crippen molar-refractivity contribution < 1.29 is 9.53 Å². The average molecular weight is 179 g/mol. The van der Waals surface area contributed by atoms with Crippen LogP contribution in [0.1, 0.15) is 22.8 Å². The molecule has 0 radical (unpaired) electrons. The maximum absolute atomic E-state index is 10.6. The van der Waals surface area contributed by atoms with Crippen LogP contribution >= 0.6 is 0 Å². The molecule has 0 amide bonds. The summed E-state index contributed by atoms with van der Waals surface area (Å²) in [5, 5.41) is 0. The highest BCUT2D eigenvalue weighted by atomic mass is 16.5. The second-order valence-electron chi connectivity index (χ2n) is 2.77. The van der Waals surface area contributed by atoms with Crippen molar-refractivity contribution in [3.05, 3.63) is 23.3 Å². The molecule has 0 heterocycles. The van der Waals surface area contributed by atoms with Gasteiger partial charge in [-0.05, 0) is 24.1 Å². The molecule has 0 aliphatic carbocycles. The molecule has 0 fully saturated rings. The summed E-state index contributed by atoms with van der Waals surface area (Å²) in [7, 11) is 1.54. The van der Waals surface area contributed by atoms with E-state index >= 15 is 0 Å². The zero-order valence-corrected chi connectivity index (χ0v) is 7.83. The van der Waals surface area contributed by atoms with E-state index in [2.05, 4.69) is 0 Å². The van der Waals surface area contributed by atoms with Crippen LogP contribution in [0, 0.1) is 0 Å². The fraction of sp³-hybridized carbons (Fsp3) is 0.300. The number of hydrogen-bond acceptors (Lipinski definition) is 3. The molecular formula is C10H13NO2. The van der Waals surface area contributed by atoms with E-state index in [-0.39, 0.29) is 0 Å². The van der Waals surface area contributed by atoms with Crippen LogP contribution in [0.5, 0.6) is 5.75 Å². The van der Waals surface area contributed by atoms with E-state index in [1.54, 1.807) is 13.2 Å². The highest BCUT2D eigenvalue weighted by Crippen LogP contribution is 2.26. The number of methoxy groups -OCH3 is 1. The van der Waals surface area contributed by atoms with Crippen molar-refractivity contribution in [2.75, 3.05) is 12.8 Å². The molecule has 3 nitrogen and oxygen atoms in total. The molecule has 0 saturated heterocycles. The van der Waals surface area contributed by atoms with E-state index in [0.29, 0.717) is 17.0 Å². The van der Waals surface area contributed by atoms with Crippen LogP contribution in [0.25, 0.3) is 0 Å². The van der Waals surface area contributed by atoms with E-state index in [9.17, 15) is 4.79 Å². The zero-order chi connectivity index (χ0) is 9.84. The predicted molar refractivity (Wildman–Crippen MR) is 52.2 cm³/mol. The van der Waals surface area contributed by atoms with Crippen molar-refractivity contribution in [2.45, 2.75) is 13.3 Å². The molecule has 0 aromatic heterocycles. The Morgan fingerprint density at radius 3 is 2.69 bits per heavy atom. The first-order valence-electron chi connectivity index (χ1n) is 4.14. The SMILES string of the molecule is CCc1cc(C=O)c(N)c(OC)c1. The maximum atomic E-state index is 10.6. The molecule has 3 heteroatoms. The zero-order valence-electron chi connectivity index (χ0n) is 7.83. The number of aryl methyl sites for hydroxylation is 1. The van der Waals surface area contributed by atoms with Gasteiger partial charge in [-0.3, -0.25) is 4.79 Å². The summed E-state index contributed by atoms with van der Waals surface area (Å²) in [5.74, 6) is 0.571. The van der Waals surface area contributed by atoms with Crippen LogP contribution in [0.2, 0.25) is 0 Å². The minimum atomic E-state index is 0.412. The Morgan fingerprint density at radius 2 is 2.23 bits per heavy atom. The summed E-state index contributed by atoms with van der Waals surface area (Å²) in [6, 6.07) is 3.63. The predicted octanol–water partition coefficient (Wildman–Crippen LogP) is 1.65. The lowest BCUT2D eigenvalue weighted by Crippen LogP contribution is -1.99. The maximum Gasteiger partial charge on any atom is 0.152 e. The van der Waals surface area contributed by atoms with Crippen molar-refractivity contribution in [3.8, 4) is 5.75 Å². The van der Waals surface area contributed by atoms with Gasteiger partial charge in [0, 0.05) is 5.56 Å². The van der Waals surface area contributed by atoms with Gasteiger partial charge in [-0.1, -0.05) is 6.92 Å². The minimum absolute atomic E-state index is 0.412. The van der Waals surface area contributed by atoms with Gasteiger partial charge in [0.2, 0.25) is 0 Å². The first-order valence-corrected chi connectivity index (χ1v) is 4.14. The van der Waals surface area contributed by atoms with E-state index in [0.717, 1.165) is 18.3 Å². The quantitative estimate of drug-likeness (QED) is 0.567. The van der Waals surface area contributed by atoms with E-state index < -0.39 is 0 Å². The van der Waals surface area contributed by atoms with Gasteiger partial charge in [0.05, 0.1) is 12.8 Å². The Bertz CT molecular complexity index is 321. The number of carbonyl (C=O) groups excluding carboxylic acids is 1. The van der Waals surface area contributed by atoms with Crippen LogP contribution in [-0.2, 0) is 6.42 Å². The van der Waals surface area contributed by atoms with Gasteiger partial charge in [-0.2, -0.15) is 0 Å². The van der Waals surface area contributed by atoms with Crippen LogP contribution in [-0.4, -0.2) is 13.4 Å². The van der Waals surface area contributed by atoms with Crippen LogP contribution < -0.4 is 10.5 Å². The Kier molecular flexibility index (Phi) is 2.90. The Labute approximate surface area is 77.5 Å².